The third-order valence-corrected chi connectivity index (χ3v) is 6.53. The van der Waals surface area contributed by atoms with E-state index >= 15 is 0 Å². The SMILES string of the molecule is O[C@H]1CN[C@@H](c2ccccc2OC(F)F)c2c1nc1ccc(-c3ccc(C4(O)CC4)cc3)nn21. The molecule has 6 rings (SSSR count). The molecule has 3 N–H and O–H groups in total. The molecule has 2 atom stereocenters. The van der Waals surface area contributed by atoms with Crippen molar-refractivity contribution in [3.63, 3.8) is 0 Å². The van der Waals surface area contributed by atoms with Gasteiger partial charge in [-0.2, -0.15) is 13.9 Å². The Morgan fingerprint density at radius 3 is 2.56 bits per heavy atom. The van der Waals surface area contributed by atoms with Gasteiger partial charge in [0.1, 0.15) is 11.9 Å². The second-order valence-electron chi connectivity index (χ2n) is 8.75. The summed E-state index contributed by atoms with van der Waals surface area (Å²) in [5.74, 6) is 0.0528. The highest BCUT2D eigenvalue weighted by atomic mass is 19.3. The highest BCUT2D eigenvalue weighted by molar-refractivity contribution is 5.62. The monoisotopic (exact) mass is 464 g/mol. The average molecular weight is 464 g/mol. The summed E-state index contributed by atoms with van der Waals surface area (Å²) in [5.41, 5.74) is 3.79. The van der Waals surface area contributed by atoms with E-state index in [-0.39, 0.29) is 12.3 Å². The van der Waals surface area contributed by atoms with Gasteiger partial charge in [-0.25, -0.2) is 9.50 Å². The number of aliphatic hydroxyl groups excluding tert-OH is 1. The molecule has 3 heterocycles. The number of hydrogen-bond donors (Lipinski definition) is 3. The van der Waals surface area contributed by atoms with Crippen molar-refractivity contribution in [3.8, 4) is 17.0 Å². The Labute approximate surface area is 193 Å². The molecule has 0 unspecified atom stereocenters. The van der Waals surface area contributed by atoms with Crippen molar-refractivity contribution in [1.82, 2.24) is 19.9 Å². The molecule has 1 fully saturated rings. The lowest BCUT2D eigenvalue weighted by Crippen LogP contribution is -2.35. The Kier molecular flexibility index (Phi) is 4.87. The number of nitrogens with one attached hydrogen (secondary N) is 1. The fourth-order valence-corrected chi connectivity index (χ4v) is 4.60. The van der Waals surface area contributed by atoms with Crippen LogP contribution in [0.5, 0.6) is 5.75 Å². The Morgan fingerprint density at radius 1 is 1.06 bits per heavy atom. The molecule has 34 heavy (non-hydrogen) atoms. The quantitative estimate of drug-likeness (QED) is 0.417. The predicted octanol–water partition coefficient (Wildman–Crippen LogP) is 3.71. The Bertz CT molecular complexity index is 1370. The summed E-state index contributed by atoms with van der Waals surface area (Å²) in [4.78, 5) is 4.58. The maximum Gasteiger partial charge on any atom is 0.387 e. The van der Waals surface area contributed by atoms with Gasteiger partial charge in [0.2, 0.25) is 0 Å². The largest absolute Gasteiger partial charge is 0.434 e. The van der Waals surface area contributed by atoms with Crippen molar-refractivity contribution in [3.05, 3.63) is 83.2 Å². The summed E-state index contributed by atoms with van der Waals surface area (Å²) in [7, 11) is 0. The van der Waals surface area contributed by atoms with Gasteiger partial charge >= 0.3 is 6.61 Å². The van der Waals surface area contributed by atoms with Crippen LogP contribution in [0.1, 0.15) is 47.5 Å². The zero-order valence-corrected chi connectivity index (χ0v) is 18.0. The fourth-order valence-electron chi connectivity index (χ4n) is 4.60. The van der Waals surface area contributed by atoms with E-state index < -0.39 is 24.4 Å². The minimum Gasteiger partial charge on any atom is -0.434 e. The van der Waals surface area contributed by atoms with Gasteiger partial charge in [-0.15, -0.1) is 0 Å². The summed E-state index contributed by atoms with van der Waals surface area (Å²) < 4.78 is 32.5. The number of ether oxygens (including phenoxy) is 1. The van der Waals surface area contributed by atoms with Crippen molar-refractivity contribution in [2.45, 2.75) is 37.2 Å². The average Bonchev–Trinajstić information content (AvgIpc) is 3.47. The number of β-amino-alcohol motifs (C(OH)–C–C–N with tert-alkyl or cyclic N) is 1. The molecule has 9 heteroatoms. The number of rotatable bonds is 5. The molecule has 7 nitrogen and oxygen atoms in total. The number of aromatic nitrogens is 3. The van der Waals surface area contributed by atoms with E-state index in [1.54, 1.807) is 22.7 Å². The van der Waals surface area contributed by atoms with E-state index in [2.05, 4.69) is 10.3 Å². The van der Waals surface area contributed by atoms with Gasteiger partial charge in [0.15, 0.2) is 5.65 Å². The van der Waals surface area contributed by atoms with Crippen molar-refractivity contribution in [2.24, 2.45) is 0 Å². The molecule has 0 radical (unpaired) electrons. The first-order valence-corrected chi connectivity index (χ1v) is 11.1. The lowest BCUT2D eigenvalue weighted by molar-refractivity contribution is -0.0507. The van der Waals surface area contributed by atoms with E-state index in [0.717, 1.165) is 24.0 Å². The molecule has 174 valence electrons. The van der Waals surface area contributed by atoms with E-state index in [4.69, 9.17) is 9.84 Å². The molecule has 1 aliphatic heterocycles. The van der Waals surface area contributed by atoms with E-state index in [1.165, 1.54) is 6.07 Å². The highest BCUT2D eigenvalue weighted by Crippen LogP contribution is 2.45. The number of benzene rings is 2. The molecular formula is C25H22F2N4O3. The van der Waals surface area contributed by atoms with Gasteiger partial charge < -0.3 is 20.3 Å². The van der Waals surface area contributed by atoms with Gasteiger partial charge in [-0.05, 0) is 36.6 Å². The van der Waals surface area contributed by atoms with Gasteiger partial charge in [-0.3, -0.25) is 0 Å². The van der Waals surface area contributed by atoms with Gasteiger partial charge in [0.05, 0.1) is 28.7 Å². The topological polar surface area (TPSA) is 91.9 Å². The van der Waals surface area contributed by atoms with Crippen LogP contribution in [0.15, 0.2) is 60.7 Å². The number of para-hydroxylation sites is 1. The summed E-state index contributed by atoms with van der Waals surface area (Å²) >= 11 is 0. The van der Waals surface area contributed by atoms with E-state index in [0.29, 0.717) is 28.3 Å². The molecule has 0 spiro atoms. The number of fused-ring (bicyclic) bond motifs is 3. The number of imidazole rings is 1. The van der Waals surface area contributed by atoms with Crippen molar-refractivity contribution in [2.75, 3.05) is 6.54 Å². The summed E-state index contributed by atoms with van der Waals surface area (Å²) in [6, 6.07) is 17.3. The summed E-state index contributed by atoms with van der Waals surface area (Å²) in [6.45, 7) is -2.75. The van der Waals surface area contributed by atoms with Crippen LogP contribution < -0.4 is 10.1 Å². The first-order valence-electron chi connectivity index (χ1n) is 11.1. The molecule has 1 saturated carbocycles. The third-order valence-electron chi connectivity index (χ3n) is 6.53. The van der Waals surface area contributed by atoms with Gasteiger partial charge in [-0.1, -0.05) is 42.5 Å². The van der Waals surface area contributed by atoms with Crippen LogP contribution in [0, 0.1) is 0 Å². The van der Waals surface area contributed by atoms with Crippen LogP contribution in [-0.4, -0.2) is 38.0 Å². The van der Waals surface area contributed by atoms with Crippen LogP contribution in [0.4, 0.5) is 8.78 Å². The summed E-state index contributed by atoms with van der Waals surface area (Å²) in [6.07, 6.45) is 0.675. The van der Waals surface area contributed by atoms with Crippen molar-refractivity contribution in [1.29, 1.82) is 0 Å². The molecule has 2 aliphatic rings. The molecule has 1 aliphatic carbocycles. The van der Waals surface area contributed by atoms with Crippen LogP contribution in [0.3, 0.4) is 0 Å². The third kappa shape index (κ3) is 3.53. The number of hydrogen-bond acceptors (Lipinski definition) is 6. The van der Waals surface area contributed by atoms with E-state index in [9.17, 15) is 19.0 Å². The fraction of sp³-hybridized carbons (Fsp3) is 0.280. The lowest BCUT2D eigenvalue weighted by Gasteiger charge is -2.28. The molecule has 0 bridgehead atoms. The van der Waals surface area contributed by atoms with Gasteiger partial charge in [0, 0.05) is 17.7 Å². The zero-order chi connectivity index (χ0) is 23.4. The Hall–Kier alpha value is -3.40. The molecule has 2 aromatic carbocycles. The van der Waals surface area contributed by atoms with Crippen molar-refractivity contribution >= 4 is 5.65 Å². The minimum atomic E-state index is -2.96. The number of aliphatic hydroxyl groups is 2. The second kappa shape index (κ2) is 7.83. The number of nitrogens with zero attached hydrogens (tertiary/aromatic N) is 3. The number of halogens is 2. The maximum atomic E-state index is 13.0. The smallest absolute Gasteiger partial charge is 0.387 e. The maximum absolute atomic E-state index is 13.0. The summed E-state index contributed by atoms with van der Waals surface area (Å²) in [5, 5.41) is 28.9. The minimum absolute atomic E-state index is 0.0528. The lowest BCUT2D eigenvalue weighted by atomic mass is 9.96. The zero-order valence-electron chi connectivity index (χ0n) is 18.0. The number of alkyl halides is 2. The Morgan fingerprint density at radius 2 is 1.82 bits per heavy atom. The van der Waals surface area contributed by atoms with Crippen LogP contribution in [0.25, 0.3) is 16.9 Å². The molecule has 0 saturated heterocycles. The first-order chi connectivity index (χ1) is 16.4. The predicted molar refractivity (Wildman–Crippen MR) is 119 cm³/mol. The molecular weight excluding hydrogens is 442 g/mol. The normalized spacial score (nSPS) is 21.0. The van der Waals surface area contributed by atoms with Crippen molar-refractivity contribution < 1.29 is 23.7 Å². The standard InChI is InChI=1S/C25H22F2N4O3/c26-24(27)34-19-4-2-1-3-16(19)21-23-22(18(32)13-28-21)29-20-10-9-17(30-31(20)23)14-5-7-15(8-6-14)25(33)11-12-25/h1-10,18,21,24,28,32-33H,11-13H2/t18-,21-/m0/s1. The van der Waals surface area contributed by atoms with Gasteiger partial charge in [0.25, 0.3) is 0 Å². The molecule has 2 aromatic heterocycles. The first kappa shape index (κ1) is 21.2. The molecule has 4 aromatic rings. The molecule has 0 amide bonds. The highest BCUT2D eigenvalue weighted by Gasteiger charge is 2.42. The van der Waals surface area contributed by atoms with Crippen LogP contribution in [0.2, 0.25) is 0 Å². The van der Waals surface area contributed by atoms with Crippen LogP contribution in [-0.2, 0) is 5.60 Å². The van der Waals surface area contributed by atoms with Crippen LogP contribution >= 0.6 is 0 Å². The Balaban J connectivity index is 1.45. The van der Waals surface area contributed by atoms with E-state index in [1.807, 2.05) is 36.4 Å². The second-order valence-corrected chi connectivity index (χ2v) is 8.75.